The largest absolute Gasteiger partial charge is 0.506 e. The fraction of sp³-hybridized carbons (Fsp3) is 0.439. The average Bonchev–Trinajstić information content (AvgIpc) is 3.17. The molecule has 3 saturated heterocycles. The van der Waals surface area contributed by atoms with Crippen molar-refractivity contribution in [3.05, 3.63) is 111 Å². The molecule has 4 aromatic rings. The van der Waals surface area contributed by atoms with E-state index in [1.165, 1.54) is 12.1 Å². The summed E-state index contributed by atoms with van der Waals surface area (Å²) in [4.78, 5) is 42.7. The third-order valence-corrected chi connectivity index (χ3v) is 10.3. The van der Waals surface area contributed by atoms with Gasteiger partial charge in [-0.25, -0.2) is 9.59 Å². The molecule has 3 aromatic carbocycles. The number of aromatic hydroxyl groups is 1. The number of esters is 1. The van der Waals surface area contributed by atoms with Gasteiger partial charge in [0.15, 0.2) is 0 Å². The maximum Gasteiger partial charge on any atom is 0.408 e. The summed E-state index contributed by atoms with van der Waals surface area (Å²) in [6.45, 7) is 4.40. The standard InChI is InChI=1S/C41H50N4O7/c46-34-17-15-32(33-16-18-37(48)43-39(33)34)35(47)26-42-21-8-3-1-2-4-9-24-51-40(49)31-14-10-13-30(25-31)38(29-11-6-5-7-12-29)44-41(50)52-36-27-45-22-19-28(36)20-23-45/h5-7,10-18,25,28,35-36,38,42,46-47H,1-4,8-9,19-24,26-27H2,(H,43,48)(H,44,50)/t35-,36-,38?/m0/s1. The molecule has 3 fully saturated rings. The number of piperidine rings is 3. The Hall–Kier alpha value is -4.71. The van der Waals surface area contributed by atoms with E-state index in [-0.39, 0.29) is 23.4 Å². The summed E-state index contributed by atoms with van der Waals surface area (Å²) in [5.41, 5.74) is 2.79. The van der Waals surface area contributed by atoms with Crippen LogP contribution in [0.1, 0.15) is 90.6 Å². The Morgan fingerprint density at radius 1 is 0.885 bits per heavy atom. The van der Waals surface area contributed by atoms with Crippen molar-refractivity contribution in [2.24, 2.45) is 5.92 Å². The van der Waals surface area contributed by atoms with Crippen molar-refractivity contribution < 1.29 is 29.3 Å². The van der Waals surface area contributed by atoms with Crippen LogP contribution in [0.2, 0.25) is 0 Å². The number of nitrogens with one attached hydrogen (secondary N) is 3. The number of alkyl carbamates (subject to hydrolysis) is 1. The van der Waals surface area contributed by atoms with Gasteiger partial charge in [-0.15, -0.1) is 0 Å². The maximum absolute atomic E-state index is 13.1. The molecule has 3 aliphatic rings. The Balaban J connectivity index is 0.883. The second-order valence-electron chi connectivity index (χ2n) is 14.0. The zero-order valence-electron chi connectivity index (χ0n) is 29.6. The normalized spacial score (nSPS) is 19.2. The summed E-state index contributed by atoms with van der Waals surface area (Å²) in [6, 6.07) is 22.6. The third-order valence-electron chi connectivity index (χ3n) is 10.3. The Morgan fingerprint density at radius 3 is 2.40 bits per heavy atom. The van der Waals surface area contributed by atoms with Crippen molar-refractivity contribution in [3.8, 4) is 5.75 Å². The number of aromatic nitrogens is 1. The number of phenols is 1. The van der Waals surface area contributed by atoms with Crippen LogP contribution < -0.4 is 16.2 Å². The number of nitrogens with zero attached hydrogens (tertiary/aromatic N) is 1. The quantitative estimate of drug-likeness (QED) is 0.0660. The molecule has 4 heterocycles. The van der Waals surface area contributed by atoms with Crippen LogP contribution in [0.5, 0.6) is 5.75 Å². The van der Waals surface area contributed by atoms with Crippen LogP contribution in [0.3, 0.4) is 0 Å². The Bertz CT molecular complexity index is 1840. The summed E-state index contributed by atoms with van der Waals surface area (Å²) >= 11 is 0. The van der Waals surface area contributed by atoms with Crippen LogP contribution in [-0.2, 0) is 9.47 Å². The van der Waals surface area contributed by atoms with Gasteiger partial charge < -0.3 is 35.3 Å². The molecule has 3 aliphatic heterocycles. The number of carbonyl (C=O) groups is 2. The van der Waals surface area contributed by atoms with E-state index < -0.39 is 18.2 Å². The molecule has 0 saturated carbocycles. The second-order valence-corrected chi connectivity index (χ2v) is 14.0. The number of unbranched alkanes of at least 4 members (excludes halogenated alkanes) is 5. The lowest BCUT2D eigenvalue weighted by atomic mass is 9.86. The number of benzene rings is 3. The van der Waals surface area contributed by atoms with Crippen molar-refractivity contribution >= 4 is 23.0 Å². The lowest BCUT2D eigenvalue weighted by Gasteiger charge is -2.43. The van der Waals surface area contributed by atoms with Crippen molar-refractivity contribution in [1.29, 1.82) is 0 Å². The maximum atomic E-state index is 13.1. The van der Waals surface area contributed by atoms with Crippen LogP contribution in [0.4, 0.5) is 4.79 Å². The molecule has 11 nitrogen and oxygen atoms in total. The van der Waals surface area contributed by atoms with Gasteiger partial charge in [-0.1, -0.05) is 74.2 Å². The van der Waals surface area contributed by atoms with Crippen molar-refractivity contribution in [2.75, 3.05) is 39.3 Å². The third kappa shape index (κ3) is 9.78. The monoisotopic (exact) mass is 710 g/mol. The first-order chi connectivity index (χ1) is 25.4. The van der Waals surface area contributed by atoms with E-state index in [1.54, 1.807) is 24.3 Å². The van der Waals surface area contributed by atoms with Crippen LogP contribution >= 0.6 is 0 Å². The molecule has 5 N–H and O–H groups in total. The number of aliphatic hydroxyl groups is 1. The van der Waals surface area contributed by atoms with E-state index in [1.807, 2.05) is 42.5 Å². The average molecular weight is 711 g/mol. The Kier molecular flexibility index (Phi) is 12.9. The summed E-state index contributed by atoms with van der Waals surface area (Å²) in [7, 11) is 0. The molecular formula is C41H50N4O7. The van der Waals surface area contributed by atoms with E-state index in [0.29, 0.717) is 41.1 Å². The highest BCUT2D eigenvalue weighted by Crippen LogP contribution is 2.31. The Labute approximate surface area is 304 Å². The highest BCUT2D eigenvalue weighted by atomic mass is 16.6. The van der Waals surface area contributed by atoms with E-state index in [4.69, 9.17) is 9.47 Å². The first kappa shape index (κ1) is 37.1. The van der Waals surface area contributed by atoms with E-state index in [2.05, 4.69) is 20.5 Å². The fourth-order valence-electron chi connectivity index (χ4n) is 7.39. The number of pyridine rings is 1. The molecule has 1 aromatic heterocycles. The number of carbonyl (C=O) groups excluding carboxylic acids is 2. The van der Waals surface area contributed by atoms with Gasteiger partial charge >= 0.3 is 12.1 Å². The Morgan fingerprint density at radius 2 is 1.63 bits per heavy atom. The predicted molar refractivity (Wildman–Crippen MR) is 199 cm³/mol. The number of aliphatic hydroxyl groups excluding tert-OH is 1. The molecule has 11 heteroatoms. The minimum atomic E-state index is -0.774. The fourth-order valence-corrected chi connectivity index (χ4v) is 7.39. The number of amides is 1. The minimum absolute atomic E-state index is 0.0268. The highest BCUT2D eigenvalue weighted by Gasteiger charge is 2.37. The molecule has 2 bridgehead atoms. The summed E-state index contributed by atoms with van der Waals surface area (Å²) < 4.78 is 11.5. The van der Waals surface area contributed by atoms with Crippen molar-refractivity contribution in [3.63, 3.8) is 0 Å². The number of fused-ring (bicyclic) bond motifs is 4. The zero-order valence-corrected chi connectivity index (χ0v) is 29.6. The first-order valence-corrected chi connectivity index (χ1v) is 18.6. The number of ether oxygens (including phenoxy) is 2. The van der Waals surface area contributed by atoms with Gasteiger partial charge in [0.2, 0.25) is 5.56 Å². The van der Waals surface area contributed by atoms with Gasteiger partial charge in [0.25, 0.3) is 0 Å². The van der Waals surface area contributed by atoms with Gasteiger partial charge in [-0.2, -0.15) is 0 Å². The zero-order chi connectivity index (χ0) is 36.3. The summed E-state index contributed by atoms with van der Waals surface area (Å²) in [5.74, 6) is 0.00127. The summed E-state index contributed by atoms with van der Waals surface area (Å²) in [5, 5.41) is 27.7. The lowest BCUT2D eigenvalue weighted by molar-refractivity contribution is -0.0336. The molecular weight excluding hydrogens is 660 g/mol. The van der Waals surface area contributed by atoms with Crippen LogP contribution in [-0.4, -0.2) is 77.6 Å². The van der Waals surface area contributed by atoms with Gasteiger partial charge in [0.05, 0.1) is 29.8 Å². The van der Waals surface area contributed by atoms with E-state index >= 15 is 0 Å². The molecule has 1 unspecified atom stereocenters. The molecule has 3 atom stereocenters. The molecule has 1 amide bonds. The smallest absolute Gasteiger partial charge is 0.408 e. The van der Waals surface area contributed by atoms with Gasteiger partial charge in [0.1, 0.15) is 11.9 Å². The van der Waals surface area contributed by atoms with E-state index in [9.17, 15) is 24.6 Å². The molecule has 0 spiro atoms. The summed E-state index contributed by atoms with van der Waals surface area (Å²) in [6.07, 6.45) is 6.65. The van der Waals surface area contributed by atoms with Gasteiger partial charge in [-0.3, -0.25) is 9.69 Å². The number of rotatable bonds is 17. The molecule has 52 heavy (non-hydrogen) atoms. The van der Waals surface area contributed by atoms with Gasteiger partial charge in [0, 0.05) is 24.5 Å². The van der Waals surface area contributed by atoms with Crippen LogP contribution in [0, 0.1) is 5.92 Å². The molecule has 7 rings (SSSR count). The van der Waals surface area contributed by atoms with Crippen LogP contribution in [0.25, 0.3) is 10.9 Å². The topological polar surface area (TPSA) is 153 Å². The highest BCUT2D eigenvalue weighted by molar-refractivity contribution is 5.89. The number of hydrogen-bond donors (Lipinski definition) is 5. The SMILES string of the molecule is O=C(NC(c1ccccc1)c1cccc(C(=O)OCCCCCCCCNC[C@H](O)c2ccc(O)c3[nH]c(=O)ccc23)c1)O[C@H]1CN2CCC1CC2. The second kappa shape index (κ2) is 18.2. The molecule has 0 radical (unpaired) electrons. The number of hydrogen-bond acceptors (Lipinski definition) is 9. The number of H-pyrrole nitrogens is 1. The van der Waals surface area contributed by atoms with Crippen LogP contribution in [0.15, 0.2) is 83.7 Å². The van der Waals surface area contributed by atoms with Crippen molar-refractivity contribution in [2.45, 2.75) is 69.6 Å². The number of aromatic amines is 1. The molecule has 0 aliphatic carbocycles. The van der Waals surface area contributed by atoms with E-state index in [0.717, 1.165) is 88.7 Å². The van der Waals surface area contributed by atoms with Crippen molar-refractivity contribution in [1.82, 2.24) is 20.5 Å². The predicted octanol–water partition coefficient (Wildman–Crippen LogP) is 5.96. The lowest BCUT2D eigenvalue weighted by Crippen LogP contribution is -2.52. The number of phenolic OH excluding ortho intramolecular Hbond substituents is 1. The first-order valence-electron chi connectivity index (χ1n) is 18.6. The molecule has 276 valence electrons. The minimum Gasteiger partial charge on any atom is -0.506 e. The van der Waals surface area contributed by atoms with Gasteiger partial charge in [-0.05, 0) is 92.2 Å².